The lowest BCUT2D eigenvalue weighted by atomic mass is 10.1. The second kappa shape index (κ2) is 5.44. The van der Waals surface area contributed by atoms with E-state index in [2.05, 4.69) is 9.71 Å². The Labute approximate surface area is 132 Å². The van der Waals surface area contributed by atoms with Crippen LogP contribution >= 0.6 is 11.6 Å². The molecule has 3 rings (SSSR count). The number of nitriles is 1. The van der Waals surface area contributed by atoms with Gasteiger partial charge >= 0.3 is 10.2 Å². The molecule has 0 fully saturated rings. The van der Waals surface area contributed by atoms with Crippen molar-refractivity contribution < 1.29 is 13.2 Å². The highest BCUT2D eigenvalue weighted by Crippen LogP contribution is 2.38. The number of benzene rings is 1. The number of hydrogen-bond acceptors (Lipinski definition) is 4. The number of rotatable bonds is 3. The molecule has 2 heterocycles. The average molecular weight is 341 g/mol. The van der Waals surface area contributed by atoms with Crippen molar-refractivity contribution in [2.75, 3.05) is 25.0 Å². The molecule has 2 N–H and O–H groups in total. The summed E-state index contributed by atoms with van der Waals surface area (Å²) in [4.78, 5) is 2.93. The molecule has 0 atom stereocenters. The SMILES string of the molecule is COCCN1Cc2cc(Cl)c3c(C#N)c[nH]c3c2NS1(=O)=O. The summed E-state index contributed by atoms with van der Waals surface area (Å²) >= 11 is 6.25. The fraction of sp³-hybridized carbons (Fsp3) is 0.308. The maximum absolute atomic E-state index is 12.3. The van der Waals surface area contributed by atoms with Crippen LogP contribution in [0.4, 0.5) is 5.69 Å². The molecule has 0 radical (unpaired) electrons. The number of hydrogen-bond donors (Lipinski definition) is 2. The van der Waals surface area contributed by atoms with Crippen LogP contribution < -0.4 is 4.72 Å². The van der Waals surface area contributed by atoms with Gasteiger partial charge in [0.1, 0.15) is 6.07 Å². The van der Waals surface area contributed by atoms with Gasteiger partial charge in [-0.15, -0.1) is 0 Å². The Hall–Kier alpha value is -1.79. The standard InChI is InChI=1S/C13H13ClN4O3S/c1-21-3-2-18-7-8-4-10(14)11-9(5-15)6-16-13(11)12(8)17-22(18,19)20/h4,6,16-17H,2-3,7H2,1H3. The van der Waals surface area contributed by atoms with Crippen molar-refractivity contribution in [3.63, 3.8) is 0 Å². The predicted octanol–water partition coefficient (Wildman–Crippen LogP) is 1.81. The number of nitrogens with one attached hydrogen (secondary N) is 2. The molecule has 1 aliphatic heterocycles. The number of H-pyrrole nitrogens is 1. The number of ether oxygens (including phenoxy) is 1. The van der Waals surface area contributed by atoms with Crippen LogP contribution in [-0.2, 0) is 21.5 Å². The van der Waals surface area contributed by atoms with Gasteiger partial charge in [0.15, 0.2) is 0 Å². The highest BCUT2D eigenvalue weighted by atomic mass is 35.5. The van der Waals surface area contributed by atoms with Crippen LogP contribution in [0.15, 0.2) is 12.3 Å². The number of halogens is 1. The van der Waals surface area contributed by atoms with Crippen molar-refractivity contribution in [2.45, 2.75) is 6.54 Å². The lowest BCUT2D eigenvalue weighted by Crippen LogP contribution is -2.41. The molecular formula is C13H13ClN4O3S. The second-order valence-electron chi connectivity index (χ2n) is 4.89. The molecule has 7 nitrogen and oxygen atoms in total. The van der Waals surface area contributed by atoms with Crippen LogP contribution in [0.1, 0.15) is 11.1 Å². The molecule has 0 aliphatic carbocycles. The van der Waals surface area contributed by atoms with Crippen LogP contribution in [0.2, 0.25) is 5.02 Å². The third-order valence-electron chi connectivity index (χ3n) is 3.57. The first-order chi connectivity index (χ1) is 10.5. The number of anilines is 1. The molecular weight excluding hydrogens is 328 g/mol. The highest BCUT2D eigenvalue weighted by Gasteiger charge is 2.31. The zero-order valence-electron chi connectivity index (χ0n) is 11.7. The molecule has 1 aliphatic rings. The monoisotopic (exact) mass is 340 g/mol. The number of methoxy groups -OCH3 is 1. The summed E-state index contributed by atoms with van der Waals surface area (Å²) in [6.45, 7) is 0.743. The van der Waals surface area contributed by atoms with Crippen LogP contribution in [-0.4, -0.2) is 38.0 Å². The molecule has 0 unspecified atom stereocenters. The summed E-state index contributed by atoms with van der Waals surface area (Å²) in [5.41, 5.74) is 2.09. The molecule has 116 valence electrons. The number of aromatic nitrogens is 1. The summed E-state index contributed by atoms with van der Waals surface area (Å²) in [6.07, 6.45) is 1.52. The molecule has 0 saturated heterocycles. The fourth-order valence-electron chi connectivity index (χ4n) is 2.52. The lowest BCUT2D eigenvalue weighted by molar-refractivity contribution is 0.177. The second-order valence-corrected chi connectivity index (χ2v) is 6.97. The highest BCUT2D eigenvalue weighted by molar-refractivity contribution is 7.90. The average Bonchev–Trinajstić information content (AvgIpc) is 2.90. The first-order valence-electron chi connectivity index (χ1n) is 6.47. The van der Waals surface area contributed by atoms with E-state index < -0.39 is 10.2 Å². The van der Waals surface area contributed by atoms with E-state index in [1.165, 1.54) is 17.6 Å². The molecule has 0 saturated carbocycles. The van der Waals surface area contributed by atoms with Gasteiger partial charge in [-0.1, -0.05) is 11.6 Å². The Bertz CT molecular complexity index is 885. The minimum Gasteiger partial charge on any atom is -0.383 e. The van der Waals surface area contributed by atoms with E-state index in [-0.39, 0.29) is 13.1 Å². The molecule has 0 bridgehead atoms. The minimum atomic E-state index is -3.65. The van der Waals surface area contributed by atoms with Crippen LogP contribution in [0.5, 0.6) is 0 Å². The van der Waals surface area contributed by atoms with E-state index in [1.807, 2.05) is 6.07 Å². The molecule has 0 amide bonds. The molecule has 1 aromatic carbocycles. The van der Waals surface area contributed by atoms with Crippen LogP contribution in [0.25, 0.3) is 10.9 Å². The van der Waals surface area contributed by atoms with Crippen molar-refractivity contribution in [1.29, 1.82) is 5.26 Å². The maximum atomic E-state index is 12.3. The molecule has 22 heavy (non-hydrogen) atoms. The van der Waals surface area contributed by atoms with Gasteiger partial charge in [-0.2, -0.15) is 18.0 Å². The van der Waals surface area contributed by atoms with Gasteiger partial charge in [-0.25, -0.2) is 0 Å². The number of nitrogens with zero attached hydrogens (tertiary/aromatic N) is 2. The van der Waals surface area contributed by atoms with Gasteiger partial charge in [0.05, 0.1) is 28.4 Å². The number of aromatic amines is 1. The van der Waals surface area contributed by atoms with Crippen molar-refractivity contribution in [3.05, 3.63) is 28.4 Å². The zero-order chi connectivity index (χ0) is 15.9. The third kappa shape index (κ3) is 2.32. The molecule has 0 spiro atoms. The van der Waals surface area contributed by atoms with Crippen LogP contribution in [0.3, 0.4) is 0 Å². The zero-order valence-corrected chi connectivity index (χ0v) is 13.3. The van der Waals surface area contributed by atoms with E-state index in [1.54, 1.807) is 6.07 Å². The summed E-state index contributed by atoms with van der Waals surface area (Å²) < 4.78 is 33.4. The fourth-order valence-corrected chi connectivity index (χ4v) is 4.09. The number of fused-ring (bicyclic) bond motifs is 3. The predicted molar refractivity (Wildman–Crippen MR) is 82.9 cm³/mol. The van der Waals surface area contributed by atoms with E-state index in [0.29, 0.717) is 33.8 Å². The molecule has 1 aromatic heterocycles. The normalized spacial score (nSPS) is 17.0. The van der Waals surface area contributed by atoms with Crippen molar-refractivity contribution >= 4 is 38.4 Å². The lowest BCUT2D eigenvalue weighted by Gasteiger charge is -2.29. The van der Waals surface area contributed by atoms with E-state index in [0.717, 1.165) is 5.56 Å². The smallest absolute Gasteiger partial charge is 0.302 e. The first kappa shape index (κ1) is 15.1. The summed E-state index contributed by atoms with van der Waals surface area (Å²) in [7, 11) is -2.14. The Morgan fingerprint density at radius 2 is 2.32 bits per heavy atom. The Balaban J connectivity index is 2.15. The quantitative estimate of drug-likeness (QED) is 0.890. The molecule has 2 aromatic rings. The Morgan fingerprint density at radius 1 is 1.55 bits per heavy atom. The van der Waals surface area contributed by atoms with Gasteiger partial charge in [0.2, 0.25) is 0 Å². The van der Waals surface area contributed by atoms with E-state index >= 15 is 0 Å². The first-order valence-corrected chi connectivity index (χ1v) is 8.29. The molecule has 9 heteroatoms. The summed E-state index contributed by atoms with van der Waals surface area (Å²) in [5, 5.41) is 10.0. The maximum Gasteiger partial charge on any atom is 0.302 e. The van der Waals surface area contributed by atoms with Gasteiger partial charge in [-0.3, -0.25) is 4.72 Å². The van der Waals surface area contributed by atoms with Gasteiger partial charge < -0.3 is 9.72 Å². The van der Waals surface area contributed by atoms with Crippen molar-refractivity contribution in [2.24, 2.45) is 0 Å². The largest absolute Gasteiger partial charge is 0.383 e. The summed E-state index contributed by atoms with van der Waals surface area (Å²) in [5.74, 6) is 0. The third-order valence-corrected chi connectivity index (χ3v) is 5.33. The van der Waals surface area contributed by atoms with Gasteiger partial charge in [0, 0.05) is 31.8 Å². The topological polar surface area (TPSA) is 98.2 Å². The van der Waals surface area contributed by atoms with Gasteiger partial charge in [-0.05, 0) is 11.6 Å². The van der Waals surface area contributed by atoms with E-state index in [9.17, 15) is 8.42 Å². The minimum absolute atomic E-state index is 0.199. The van der Waals surface area contributed by atoms with E-state index in [4.69, 9.17) is 21.6 Å². The van der Waals surface area contributed by atoms with Crippen LogP contribution in [0, 0.1) is 11.3 Å². The van der Waals surface area contributed by atoms with Crippen molar-refractivity contribution in [3.8, 4) is 6.07 Å². The Kier molecular flexibility index (Phi) is 3.74. The van der Waals surface area contributed by atoms with Crippen molar-refractivity contribution in [1.82, 2.24) is 9.29 Å². The van der Waals surface area contributed by atoms with Gasteiger partial charge in [0.25, 0.3) is 0 Å². The summed E-state index contributed by atoms with van der Waals surface area (Å²) in [6, 6.07) is 3.73. The Morgan fingerprint density at radius 3 is 3.00 bits per heavy atom.